The summed E-state index contributed by atoms with van der Waals surface area (Å²) in [5.74, 6) is 1.75. The molecular formula is C26H26O2. The SMILES string of the molecule is COc1cc(C)c2cc(C)ccc2c1-c1c(OC)cc(C)c2cc(C)ccc12. The van der Waals surface area contributed by atoms with Gasteiger partial charge in [-0.05, 0) is 72.5 Å². The highest BCUT2D eigenvalue weighted by Crippen LogP contribution is 2.47. The summed E-state index contributed by atoms with van der Waals surface area (Å²) in [7, 11) is 3.48. The minimum atomic E-state index is 0.873. The fourth-order valence-electron chi connectivity index (χ4n) is 4.20. The lowest BCUT2D eigenvalue weighted by molar-refractivity contribution is 0.411. The Morgan fingerprint density at radius 1 is 0.500 bits per heavy atom. The molecule has 0 aliphatic rings. The summed E-state index contributed by atoms with van der Waals surface area (Å²) in [5.41, 5.74) is 7.12. The minimum absolute atomic E-state index is 0.873. The van der Waals surface area contributed by atoms with Crippen molar-refractivity contribution in [2.24, 2.45) is 0 Å². The van der Waals surface area contributed by atoms with E-state index in [-0.39, 0.29) is 0 Å². The van der Waals surface area contributed by atoms with Crippen LogP contribution in [0.5, 0.6) is 11.5 Å². The van der Waals surface area contributed by atoms with Gasteiger partial charge in [0.25, 0.3) is 0 Å². The van der Waals surface area contributed by atoms with Gasteiger partial charge >= 0.3 is 0 Å². The highest BCUT2D eigenvalue weighted by molar-refractivity contribution is 6.11. The van der Waals surface area contributed by atoms with Crippen LogP contribution in [-0.2, 0) is 0 Å². The molecular weight excluding hydrogens is 344 g/mol. The molecule has 0 bridgehead atoms. The normalized spacial score (nSPS) is 11.2. The summed E-state index contributed by atoms with van der Waals surface area (Å²) in [6.07, 6.45) is 0. The van der Waals surface area contributed by atoms with Crippen molar-refractivity contribution in [3.05, 3.63) is 70.8 Å². The number of rotatable bonds is 3. The number of aryl methyl sites for hydroxylation is 4. The molecule has 0 unspecified atom stereocenters. The summed E-state index contributed by atoms with van der Waals surface area (Å²) in [5, 5.41) is 4.87. The first kappa shape index (κ1) is 18.4. The van der Waals surface area contributed by atoms with E-state index in [0.717, 1.165) is 22.6 Å². The molecule has 0 radical (unpaired) electrons. The summed E-state index contributed by atoms with van der Waals surface area (Å²) < 4.78 is 11.7. The van der Waals surface area contributed by atoms with Gasteiger partial charge in [0, 0.05) is 11.1 Å². The van der Waals surface area contributed by atoms with Crippen LogP contribution in [0.1, 0.15) is 22.3 Å². The van der Waals surface area contributed by atoms with Gasteiger partial charge in [0.2, 0.25) is 0 Å². The monoisotopic (exact) mass is 370 g/mol. The molecule has 0 aliphatic carbocycles. The van der Waals surface area contributed by atoms with Crippen molar-refractivity contribution in [2.75, 3.05) is 14.2 Å². The molecule has 28 heavy (non-hydrogen) atoms. The summed E-state index contributed by atoms with van der Waals surface area (Å²) in [4.78, 5) is 0. The molecule has 0 heterocycles. The van der Waals surface area contributed by atoms with Crippen LogP contribution in [0.15, 0.2) is 48.5 Å². The average Bonchev–Trinajstić information content (AvgIpc) is 2.69. The topological polar surface area (TPSA) is 18.5 Å². The van der Waals surface area contributed by atoms with Gasteiger partial charge in [-0.1, -0.05) is 47.5 Å². The van der Waals surface area contributed by atoms with Gasteiger partial charge in [-0.2, -0.15) is 0 Å². The van der Waals surface area contributed by atoms with Crippen molar-refractivity contribution in [1.82, 2.24) is 0 Å². The Bertz CT molecular complexity index is 1120. The molecule has 0 saturated heterocycles. The van der Waals surface area contributed by atoms with Crippen molar-refractivity contribution in [3.8, 4) is 22.6 Å². The molecule has 0 fully saturated rings. The van der Waals surface area contributed by atoms with E-state index in [1.165, 1.54) is 43.8 Å². The number of hydrogen-bond donors (Lipinski definition) is 0. The third kappa shape index (κ3) is 2.80. The standard InChI is InChI=1S/C26H26O2/c1-15-7-9-19-21(11-15)17(3)13-23(27-5)25(19)26-20-10-8-16(2)12-22(20)18(4)14-24(26)28-6/h7-14H,1-6H3. The van der Waals surface area contributed by atoms with Crippen LogP contribution in [0.25, 0.3) is 32.7 Å². The van der Waals surface area contributed by atoms with E-state index >= 15 is 0 Å². The van der Waals surface area contributed by atoms with Crippen LogP contribution in [0.4, 0.5) is 0 Å². The molecule has 4 aromatic carbocycles. The first-order chi connectivity index (χ1) is 13.4. The molecule has 0 N–H and O–H groups in total. The van der Waals surface area contributed by atoms with Gasteiger partial charge in [-0.15, -0.1) is 0 Å². The van der Waals surface area contributed by atoms with E-state index < -0.39 is 0 Å². The lowest BCUT2D eigenvalue weighted by Crippen LogP contribution is -1.97. The van der Waals surface area contributed by atoms with E-state index in [0.29, 0.717) is 0 Å². The van der Waals surface area contributed by atoms with Crippen LogP contribution < -0.4 is 9.47 Å². The number of fused-ring (bicyclic) bond motifs is 2. The van der Waals surface area contributed by atoms with Gasteiger partial charge < -0.3 is 9.47 Å². The van der Waals surface area contributed by atoms with Crippen molar-refractivity contribution in [2.45, 2.75) is 27.7 Å². The van der Waals surface area contributed by atoms with Crippen LogP contribution in [0.2, 0.25) is 0 Å². The third-order valence-corrected chi connectivity index (χ3v) is 5.62. The highest BCUT2D eigenvalue weighted by Gasteiger charge is 2.20. The van der Waals surface area contributed by atoms with E-state index in [1.54, 1.807) is 14.2 Å². The fraction of sp³-hybridized carbons (Fsp3) is 0.231. The summed E-state index contributed by atoms with van der Waals surface area (Å²) >= 11 is 0. The lowest BCUT2D eigenvalue weighted by atomic mass is 9.88. The Morgan fingerprint density at radius 2 is 0.893 bits per heavy atom. The van der Waals surface area contributed by atoms with Crippen molar-refractivity contribution in [1.29, 1.82) is 0 Å². The molecule has 0 amide bonds. The molecule has 0 atom stereocenters. The first-order valence-corrected chi connectivity index (χ1v) is 9.61. The molecule has 4 aromatic rings. The number of ether oxygens (including phenoxy) is 2. The van der Waals surface area contributed by atoms with Gasteiger partial charge in [-0.25, -0.2) is 0 Å². The lowest BCUT2D eigenvalue weighted by Gasteiger charge is -2.20. The van der Waals surface area contributed by atoms with Gasteiger partial charge in [0.1, 0.15) is 11.5 Å². The molecule has 2 heteroatoms. The predicted octanol–water partition coefficient (Wildman–Crippen LogP) is 6.91. The maximum Gasteiger partial charge on any atom is 0.127 e. The molecule has 0 spiro atoms. The Labute approximate surface area is 166 Å². The fourth-order valence-corrected chi connectivity index (χ4v) is 4.20. The van der Waals surface area contributed by atoms with E-state index in [2.05, 4.69) is 76.2 Å². The minimum Gasteiger partial charge on any atom is -0.496 e. The van der Waals surface area contributed by atoms with Crippen molar-refractivity contribution < 1.29 is 9.47 Å². The average molecular weight is 370 g/mol. The third-order valence-electron chi connectivity index (χ3n) is 5.62. The highest BCUT2D eigenvalue weighted by atomic mass is 16.5. The molecule has 4 rings (SSSR count). The smallest absolute Gasteiger partial charge is 0.127 e. The second kappa shape index (κ2) is 6.87. The number of benzene rings is 4. The molecule has 2 nitrogen and oxygen atoms in total. The summed E-state index contributed by atoms with van der Waals surface area (Å²) in [6, 6.07) is 17.5. The van der Waals surface area contributed by atoms with Crippen LogP contribution >= 0.6 is 0 Å². The Kier molecular flexibility index (Phi) is 4.50. The Balaban J connectivity index is 2.24. The molecule has 0 aromatic heterocycles. The van der Waals surface area contributed by atoms with Crippen LogP contribution in [-0.4, -0.2) is 14.2 Å². The second-order valence-electron chi connectivity index (χ2n) is 7.64. The van der Waals surface area contributed by atoms with E-state index in [4.69, 9.17) is 9.47 Å². The van der Waals surface area contributed by atoms with E-state index in [9.17, 15) is 0 Å². The number of methoxy groups -OCH3 is 2. The summed E-state index contributed by atoms with van der Waals surface area (Å²) in [6.45, 7) is 8.55. The maximum absolute atomic E-state index is 5.87. The van der Waals surface area contributed by atoms with Gasteiger partial charge in [0.15, 0.2) is 0 Å². The maximum atomic E-state index is 5.87. The van der Waals surface area contributed by atoms with E-state index in [1.807, 2.05) is 0 Å². The zero-order valence-electron chi connectivity index (χ0n) is 17.4. The quantitative estimate of drug-likeness (QED) is 0.390. The Morgan fingerprint density at radius 3 is 1.25 bits per heavy atom. The van der Waals surface area contributed by atoms with Crippen LogP contribution in [0.3, 0.4) is 0 Å². The van der Waals surface area contributed by atoms with Crippen molar-refractivity contribution >= 4 is 21.5 Å². The van der Waals surface area contributed by atoms with Gasteiger partial charge in [0.05, 0.1) is 14.2 Å². The first-order valence-electron chi connectivity index (χ1n) is 9.61. The van der Waals surface area contributed by atoms with Gasteiger partial charge in [-0.3, -0.25) is 0 Å². The largest absolute Gasteiger partial charge is 0.496 e. The molecule has 0 saturated carbocycles. The molecule has 142 valence electrons. The second-order valence-corrected chi connectivity index (χ2v) is 7.64. The zero-order valence-corrected chi connectivity index (χ0v) is 17.4. The predicted molar refractivity (Wildman–Crippen MR) is 119 cm³/mol. The zero-order chi connectivity index (χ0) is 20.0. The number of hydrogen-bond acceptors (Lipinski definition) is 2. The van der Waals surface area contributed by atoms with Crippen molar-refractivity contribution in [3.63, 3.8) is 0 Å². The molecule has 0 aliphatic heterocycles. The van der Waals surface area contributed by atoms with Crippen LogP contribution in [0, 0.1) is 27.7 Å². The Hall–Kier alpha value is -3.00.